The van der Waals surface area contributed by atoms with Gasteiger partial charge in [0.15, 0.2) is 0 Å². The molecule has 2 aliphatic heterocycles. The van der Waals surface area contributed by atoms with E-state index in [9.17, 15) is 0 Å². The fourth-order valence-electron chi connectivity index (χ4n) is 12.3. The average Bonchev–Trinajstić information content (AvgIpc) is 1.68. The van der Waals surface area contributed by atoms with Gasteiger partial charge in [0.25, 0.3) is 0 Å². The van der Waals surface area contributed by atoms with Gasteiger partial charge in [-0.1, -0.05) is 182 Å². The first-order valence-electron chi connectivity index (χ1n) is 30.0. The third kappa shape index (κ3) is 12.0. The zero-order valence-corrected chi connectivity index (χ0v) is 52.7. The molecule has 6 aromatic heterocycles. The van der Waals surface area contributed by atoms with E-state index in [4.69, 9.17) is 49.2 Å². The summed E-state index contributed by atoms with van der Waals surface area (Å²) in [6.45, 7) is 9.92. The molecule has 0 amide bonds. The molecular formula is C72H68BIN10O6. The second-order valence-electron chi connectivity index (χ2n) is 21.8. The predicted molar refractivity (Wildman–Crippen MR) is 363 cm³/mol. The highest BCUT2D eigenvalue weighted by Gasteiger charge is 2.43. The molecule has 0 saturated carbocycles. The first-order chi connectivity index (χ1) is 44.1. The Hall–Kier alpha value is -9.31. The summed E-state index contributed by atoms with van der Waals surface area (Å²) in [5, 5.41) is 30.5. The number of methoxy groups -OCH3 is 2. The third-order valence-electron chi connectivity index (χ3n) is 16.4. The van der Waals surface area contributed by atoms with Gasteiger partial charge in [-0.3, -0.25) is 0 Å². The van der Waals surface area contributed by atoms with E-state index < -0.39 is 18.2 Å². The van der Waals surface area contributed by atoms with Crippen LogP contribution >= 0.6 is 22.6 Å². The maximum absolute atomic E-state index is 9.03. The summed E-state index contributed by atoms with van der Waals surface area (Å²) < 4.78 is 27.6. The summed E-state index contributed by atoms with van der Waals surface area (Å²) in [5.41, 5.74) is 11.1. The normalized spacial score (nSPS) is 13.5. The van der Waals surface area contributed by atoms with Crippen LogP contribution in [-0.2, 0) is 20.6 Å². The van der Waals surface area contributed by atoms with Crippen LogP contribution in [0, 0.1) is 17.5 Å². The number of anilines is 2. The van der Waals surface area contributed by atoms with Gasteiger partial charge in [-0.25, -0.2) is 29.3 Å². The van der Waals surface area contributed by atoms with Crippen LogP contribution in [0.1, 0.15) is 44.8 Å². The molecule has 12 aromatic rings. The topological polar surface area (TPSA) is 171 Å². The van der Waals surface area contributed by atoms with Gasteiger partial charge in [0.2, 0.25) is 11.8 Å². The highest BCUT2D eigenvalue weighted by atomic mass is 127. The molecule has 0 spiro atoms. The molecule has 0 atom stereocenters. The monoisotopic (exact) mass is 1310 g/mol. The second-order valence-corrected chi connectivity index (χ2v) is 22.9. The Morgan fingerprint density at radius 1 is 0.456 bits per heavy atom. The van der Waals surface area contributed by atoms with Crippen LogP contribution in [0.15, 0.2) is 231 Å². The summed E-state index contributed by atoms with van der Waals surface area (Å²) in [5.74, 6) is 2.81. The molecule has 14 rings (SSSR count). The highest BCUT2D eigenvalue weighted by molar-refractivity contribution is 14.1. The van der Waals surface area contributed by atoms with Gasteiger partial charge in [0, 0.05) is 55.5 Å². The van der Waals surface area contributed by atoms with Gasteiger partial charge in [0.1, 0.15) is 32.1 Å². The van der Waals surface area contributed by atoms with Crippen molar-refractivity contribution in [3.8, 4) is 23.0 Å². The Kier molecular flexibility index (Phi) is 18.7. The SMILES string of the molecule is COc1nc(C)cc2c1c(-c1ccnc(N3CCOCC3)c1)nn2C(c1ccccc1)(c1ccccc1)c1ccccc1.COc1nc(C)cc2c1c(I)nn2C(c1ccccc1)(c1ccccc1)c1ccccc1.OB(O)c1ccnc(N2CCOCC2)c1. The van der Waals surface area contributed by atoms with E-state index in [-0.39, 0.29) is 0 Å². The molecule has 2 N–H and O–H groups in total. The van der Waals surface area contributed by atoms with Crippen LogP contribution < -0.4 is 24.7 Å². The number of nitrogens with zero attached hydrogens (tertiary/aromatic N) is 10. The minimum atomic E-state index is -1.44. The quantitative estimate of drug-likeness (QED) is 0.0599. The molecular weight excluding hydrogens is 1240 g/mol. The average molecular weight is 1310 g/mol. The fraction of sp³-hybridized carbons (Fsp3) is 0.194. The van der Waals surface area contributed by atoms with Crippen molar-refractivity contribution in [3.05, 3.63) is 279 Å². The standard InChI is InChI=1S/C36H33N5O2.C27H22IN3O.C9H13BN2O3/c1-26-24-31-33(35(38-26)42-2)34(27-18-19-37-32(25-27)40-20-22-43-23-21-40)39-41(31)36(28-12-6-3-7-13-28,29-14-8-4-9-15-29)30-16-10-5-11-17-30;1-19-18-23-24(26(29-19)32-2)25(28)30-31(23)27(20-12-6-3-7-13-20,21-14-8-4-9-15-21)22-16-10-5-11-17-22;13-10(14)8-1-2-11-9(7-8)12-3-5-15-6-4-12/h3-19,24-25H,20-23H2,1-2H3;3-18H,1-2H3;1-2,7,13-14H,3-6H2. The number of benzene rings is 6. The fourth-order valence-corrected chi connectivity index (χ4v) is 13.0. The number of rotatable bonds is 14. The number of halogens is 1. The first-order valence-corrected chi connectivity index (χ1v) is 31.0. The minimum absolute atomic E-state index is 0.464. The van der Waals surface area contributed by atoms with Crippen molar-refractivity contribution < 1.29 is 29.0 Å². The molecule has 0 radical (unpaired) electrons. The van der Waals surface area contributed by atoms with Crippen LogP contribution in [0.4, 0.5) is 11.6 Å². The molecule has 2 saturated heterocycles. The van der Waals surface area contributed by atoms with Crippen molar-refractivity contribution in [3.63, 3.8) is 0 Å². The van der Waals surface area contributed by atoms with E-state index in [0.29, 0.717) is 43.7 Å². The predicted octanol–water partition coefficient (Wildman–Crippen LogP) is 11.3. The van der Waals surface area contributed by atoms with Gasteiger partial charge in [-0.05, 0) is 112 Å². The molecule has 0 unspecified atom stereocenters. The lowest BCUT2D eigenvalue weighted by Crippen LogP contribution is -2.38. The largest absolute Gasteiger partial charge is 0.488 e. The van der Waals surface area contributed by atoms with E-state index in [1.54, 1.807) is 32.5 Å². The van der Waals surface area contributed by atoms with E-state index >= 15 is 0 Å². The van der Waals surface area contributed by atoms with Gasteiger partial charge < -0.3 is 38.8 Å². The smallest absolute Gasteiger partial charge is 0.480 e. The zero-order chi connectivity index (χ0) is 62.0. The van der Waals surface area contributed by atoms with E-state index in [2.05, 4.69) is 234 Å². The van der Waals surface area contributed by atoms with Crippen LogP contribution in [0.3, 0.4) is 0 Å². The Labute approximate surface area is 537 Å². The van der Waals surface area contributed by atoms with Gasteiger partial charge in [-0.2, -0.15) is 10.2 Å². The number of hydrogen-bond acceptors (Lipinski definition) is 14. The Bertz CT molecular complexity index is 4140. The summed E-state index contributed by atoms with van der Waals surface area (Å²) in [7, 11) is 1.90. The van der Waals surface area contributed by atoms with Crippen LogP contribution in [0.2, 0.25) is 0 Å². The molecule has 2 aliphatic rings. The van der Waals surface area contributed by atoms with Crippen LogP contribution in [-0.4, -0.2) is 123 Å². The van der Waals surface area contributed by atoms with Crippen molar-refractivity contribution in [2.45, 2.75) is 24.9 Å². The Morgan fingerprint density at radius 3 is 1.20 bits per heavy atom. The third-order valence-corrected chi connectivity index (χ3v) is 17.2. The summed E-state index contributed by atoms with van der Waals surface area (Å²) in [6, 6.07) is 75.1. The van der Waals surface area contributed by atoms with Gasteiger partial charge in [0.05, 0.1) is 62.5 Å². The second kappa shape index (κ2) is 27.6. The van der Waals surface area contributed by atoms with E-state index in [1.165, 1.54) is 0 Å². The minimum Gasteiger partial charge on any atom is -0.480 e. The summed E-state index contributed by atoms with van der Waals surface area (Å²) in [4.78, 5) is 22.7. The number of morpholine rings is 2. The Morgan fingerprint density at radius 2 is 0.811 bits per heavy atom. The van der Waals surface area contributed by atoms with Crippen molar-refractivity contribution in [1.82, 2.24) is 39.5 Å². The number of pyridine rings is 4. The maximum Gasteiger partial charge on any atom is 0.488 e. The summed E-state index contributed by atoms with van der Waals surface area (Å²) >= 11 is 2.29. The van der Waals surface area contributed by atoms with Crippen LogP contribution in [0.5, 0.6) is 11.8 Å². The van der Waals surface area contributed by atoms with Crippen molar-refractivity contribution in [1.29, 1.82) is 0 Å². The molecule has 18 heteroatoms. The lowest BCUT2D eigenvalue weighted by Gasteiger charge is -2.37. The number of fused-ring (bicyclic) bond motifs is 2. The zero-order valence-electron chi connectivity index (χ0n) is 50.6. The molecule has 90 heavy (non-hydrogen) atoms. The lowest BCUT2D eigenvalue weighted by molar-refractivity contribution is 0.122. The number of hydrogen-bond donors (Lipinski definition) is 2. The van der Waals surface area contributed by atoms with Crippen molar-refractivity contribution in [2.24, 2.45) is 0 Å². The highest BCUT2D eigenvalue weighted by Crippen LogP contribution is 2.47. The molecule has 8 heterocycles. The molecule has 0 aliphatic carbocycles. The first kappa shape index (κ1) is 61.0. The maximum atomic E-state index is 9.03. The molecule has 452 valence electrons. The number of aromatic nitrogens is 8. The Balaban J connectivity index is 0.000000146. The molecule has 2 fully saturated rings. The van der Waals surface area contributed by atoms with Crippen LogP contribution in [0.25, 0.3) is 33.1 Å². The molecule has 16 nitrogen and oxygen atoms in total. The molecule has 0 bridgehead atoms. The lowest BCUT2D eigenvalue weighted by atomic mass is 9.77. The molecule has 6 aromatic carbocycles. The van der Waals surface area contributed by atoms with E-state index in [0.717, 1.165) is 119 Å². The van der Waals surface area contributed by atoms with Crippen molar-refractivity contribution >= 4 is 68.6 Å². The number of ether oxygens (including phenoxy) is 4. The van der Waals surface area contributed by atoms with Gasteiger partial charge in [-0.15, -0.1) is 0 Å². The van der Waals surface area contributed by atoms with Crippen molar-refractivity contribution in [2.75, 3.05) is 76.6 Å². The summed E-state index contributed by atoms with van der Waals surface area (Å²) in [6.07, 6.45) is 3.44. The van der Waals surface area contributed by atoms with E-state index in [1.807, 2.05) is 44.3 Å². The number of aryl methyl sites for hydroxylation is 2. The van der Waals surface area contributed by atoms with Gasteiger partial charge >= 0.3 is 7.12 Å².